The van der Waals surface area contributed by atoms with Gasteiger partial charge in [-0.2, -0.15) is 0 Å². The molecule has 0 aliphatic rings. The number of carboxylic acid groups (broad SMARTS) is 1. The van der Waals surface area contributed by atoms with Gasteiger partial charge in [0.05, 0.1) is 12.2 Å². The Labute approximate surface area is 135 Å². The van der Waals surface area contributed by atoms with Crippen LogP contribution in [0.25, 0.3) is 0 Å². The van der Waals surface area contributed by atoms with Crippen LogP contribution in [-0.2, 0) is 4.79 Å². The largest absolute Gasteiger partial charge is 0.481 e. The third-order valence-corrected chi connectivity index (χ3v) is 3.80. The summed E-state index contributed by atoms with van der Waals surface area (Å²) >= 11 is 0. The smallest absolute Gasteiger partial charge is 0.303 e. The first kappa shape index (κ1) is 21.1. The Bertz CT molecular complexity index is 289. The molecular weight excluding hydrogens is 280 g/mol. The molecule has 0 saturated heterocycles. The van der Waals surface area contributed by atoms with E-state index in [2.05, 4.69) is 6.92 Å². The summed E-state index contributed by atoms with van der Waals surface area (Å²) in [6.07, 6.45) is 13.5. The Kier molecular flexibility index (Phi) is 14.4. The summed E-state index contributed by atoms with van der Waals surface area (Å²) in [5, 5.41) is 28.0. The molecule has 0 rings (SSSR count). The van der Waals surface area contributed by atoms with Crippen LogP contribution in [-0.4, -0.2) is 33.5 Å². The van der Waals surface area contributed by atoms with E-state index in [1.807, 2.05) is 0 Å². The number of hydrogen-bond acceptors (Lipinski definition) is 3. The maximum atomic E-state index is 10.3. The lowest BCUT2D eigenvalue weighted by Crippen LogP contribution is -2.06. The molecule has 0 bridgehead atoms. The Balaban J connectivity index is 3.44. The number of rotatable bonds is 15. The van der Waals surface area contributed by atoms with Crippen LogP contribution in [0.4, 0.5) is 0 Å². The lowest BCUT2D eigenvalue weighted by atomic mass is 10.0. The van der Waals surface area contributed by atoms with Crippen LogP contribution in [0, 0.1) is 0 Å². The van der Waals surface area contributed by atoms with Gasteiger partial charge in [0.2, 0.25) is 0 Å². The van der Waals surface area contributed by atoms with Crippen molar-refractivity contribution in [2.24, 2.45) is 0 Å². The van der Waals surface area contributed by atoms with Gasteiger partial charge < -0.3 is 15.3 Å². The van der Waals surface area contributed by atoms with Gasteiger partial charge in [-0.3, -0.25) is 4.79 Å². The number of unbranched alkanes of at least 4 members (excludes halogenated alkanes) is 7. The van der Waals surface area contributed by atoms with E-state index in [-0.39, 0.29) is 6.42 Å². The number of aliphatic hydroxyl groups is 2. The molecule has 22 heavy (non-hydrogen) atoms. The second-order valence-corrected chi connectivity index (χ2v) is 6.07. The Hall–Kier alpha value is -0.870. The van der Waals surface area contributed by atoms with Crippen LogP contribution >= 0.6 is 0 Å². The lowest BCUT2D eigenvalue weighted by molar-refractivity contribution is -0.137. The maximum Gasteiger partial charge on any atom is 0.303 e. The lowest BCUT2D eigenvalue weighted by Gasteiger charge is -2.08. The second kappa shape index (κ2) is 15.0. The van der Waals surface area contributed by atoms with Gasteiger partial charge in [-0.05, 0) is 19.3 Å². The summed E-state index contributed by atoms with van der Waals surface area (Å²) in [7, 11) is 0. The molecule has 0 aromatic carbocycles. The van der Waals surface area contributed by atoms with Crippen LogP contribution in [0.5, 0.6) is 0 Å². The minimum Gasteiger partial charge on any atom is -0.481 e. The van der Waals surface area contributed by atoms with Gasteiger partial charge in [-0.1, -0.05) is 70.4 Å². The molecule has 0 unspecified atom stereocenters. The van der Waals surface area contributed by atoms with E-state index in [1.54, 1.807) is 12.2 Å². The second-order valence-electron chi connectivity index (χ2n) is 6.07. The molecule has 2 atom stereocenters. The fourth-order valence-electron chi connectivity index (χ4n) is 2.39. The van der Waals surface area contributed by atoms with Gasteiger partial charge in [-0.25, -0.2) is 0 Å². The van der Waals surface area contributed by atoms with Crippen molar-refractivity contribution in [1.82, 2.24) is 0 Å². The fourth-order valence-corrected chi connectivity index (χ4v) is 2.39. The Morgan fingerprint density at radius 3 is 1.77 bits per heavy atom. The fraction of sp³-hybridized carbons (Fsp3) is 0.833. The quantitative estimate of drug-likeness (QED) is 0.315. The van der Waals surface area contributed by atoms with Gasteiger partial charge >= 0.3 is 5.97 Å². The minimum absolute atomic E-state index is 0.268. The zero-order valence-electron chi connectivity index (χ0n) is 14.0. The van der Waals surface area contributed by atoms with Crippen molar-refractivity contribution in [3.8, 4) is 0 Å². The number of carboxylic acids is 1. The average molecular weight is 314 g/mol. The van der Waals surface area contributed by atoms with Crippen molar-refractivity contribution in [2.75, 3.05) is 0 Å². The van der Waals surface area contributed by atoms with Crippen molar-refractivity contribution in [3.63, 3.8) is 0 Å². The molecule has 0 aliphatic heterocycles. The van der Waals surface area contributed by atoms with E-state index in [9.17, 15) is 15.0 Å². The summed E-state index contributed by atoms with van der Waals surface area (Å²) in [6.45, 7) is 2.14. The van der Waals surface area contributed by atoms with E-state index in [4.69, 9.17) is 5.11 Å². The molecule has 4 heteroatoms. The molecule has 0 aromatic rings. The van der Waals surface area contributed by atoms with E-state index >= 15 is 0 Å². The third-order valence-electron chi connectivity index (χ3n) is 3.80. The van der Waals surface area contributed by atoms with Crippen molar-refractivity contribution in [3.05, 3.63) is 12.2 Å². The zero-order valence-corrected chi connectivity index (χ0v) is 14.0. The van der Waals surface area contributed by atoms with Crippen molar-refractivity contribution in [1.29, 1.82) is 0 Å². The SMILES string of the molecule is CCCCC[C@@H](O)/C=C/[C@H](O)CCCCCCCCC(=O)O. The predicted octanol–water partition coefficient (Wildman–Crippen LogP) is 4.05. The monoisotopic (exact) mass is 314 g/mol. The van der Waals surface area contributed by atoms with Crippen LogP contribution in [0.1, 0.15) is 84.0 Å². The van der Waals surface area contributed by atoms with Crippen LogP contribution in [0.3, 0.4) is 0 Å². The molecule has 0 aromatic heterocycles. The van der Waals surface area contributed by atoms with Crippen LogP contribution in [0.15, 0.2) is 12.2 Å². The first-order valence-corrected chi connectivity index (χ1v) is 8.82. The highest BCUT2D eigenvalue weighted by Crippen LogP contribution is 2.11. The summed E-state index contributed by atoms with van der Waals surface area (Å²) in [5.74, 6) is -0.716. The number of carbonyl (C=O) groups is 1. The molecular formula is C18H34O4. The molecule has 0 fully saturated rings. The first-order chi connectivity index (χ1) is 10.6. The first-order valence-electron chi connectivity index (χ1n) is 8.82. The normalized spacial score (nSPS) is 14.3. The maximum absolute atomic E-state index is 10.3. The van der Waals surface area contributed by atoms with Gasteiger partial charge in [0.25, 0.3) is 0 Å². The highest BCUT2D eigenvalue weighted by Gasteiger charge is 2.03. The molecule has 0 radical (unpaired) electrons. The number of aliphatic hydroxyl groups excluding tert-OH is 2. The molecule has 0 saturated carbocycles. The molecule has 0 spiro atoms. The molecule has 0 heterocycles. The molecule has 4 nitrogen and oxygen atoms in total. The molecule has 130 valence electrons. The van der Waals surface area contributed by atoms with Gasteiger partial charge in [0, 0.05) is 6.42 Å². The van der Waals surface area contributed by atoms with Crippen molar-refractivity contribution < 1.29 is 20.1 Å². The molecule has 0 amide bonds. The van der Waals surface area contributed by atoms with Gasteiger partial charge in [-0.15, -0.1) is 0 Å². The van der Waals surface area contributed by atoms with E-state index in [0.717, 1.165) is 70.6 Å². The highest BCUT2D eigenvalue weighted by atomic mass is 16.4. The molecule has 0 aliphatic carbocycles. The number of aliphatic carboxylic acids is 1. The van der Waals surface area contributed by atoms with Gasteiger partial charge in [0.15, 0.2) is 0 Å². The predicted molar refractivity (Wildman–Crippen MR) is 89.9 cm³/mol. The highest BCUT2D eigenvalue weighted by molar-refractivity contribution is 5.66. The zero-order chi connectivity index (χ0) is 16.6. The number of hydrogen-bond donors (Lipinski definition) is 3. The topological polar surface area (TPSA) is 77.8 Å². The average Bonchev–Trinajstić information content (AvgIpc) is 2.47. The van der Waals surface area contributed by atoms with E-state index in [1.165, 1.54) is 0 Å². The Morgan fingerprint density at radius 2 is 1.27 bits per heavy atom. The summed E-state index contributed by atoms with van der Waals surface area (Å²) in [4.78, 5) is 10.3. The van der Waals surface area contributed by atoms with Crippen molar-refractivity contribution in [2.45, 2.75) is 96.2 Å². The summed E-state index contributed by atoms with van der Waals surface area (Å²) in [6, 6.07) is 0. The molecule has 3 N–H and O–H groups in total. The summed E-state index contributed by atoms with van der Waals surface area (Å²) in [5.41, 5.74) is 0. The Morgan fingerprint density at radius 1 is 0.818 bits per heavy atom. The minimum atomic E-state index is -0.716. The van der Waals surface area contributed by atoms with E-state index < -0.39 is 18.2 Å². The van der Waals surface area contributed by atoms with Gasteiger partial charge in [0.1, 0.15) is 0 Å². The van der Waals surface area contributed by atoms with Crippen LogP contribution < -0.4 is 0 Å². The van der Waals surface area contributed by atoms with Crippen LogP contribution in [0.2, 0.25) is 0 Å². The third kappa shape index (κ3) is 15.5. The summed E-state index contributed by atoms with van der Waals surface area (Å²) < 4.78 is 0. The van der Waals surface area contributed by atoms with E-state index in [0.29, 0.717) is 0 Å². The van der Waals surface area contributed by atoms with Crippen molar-refractivity contribution >= 4 is 5.97 Å². The standard InChI is InChI=1S/C18H34O4/c1-2-3-8-11-16(19)14-15-17(20)12-9-6-4-5-7-10-13-18(21)22/h14-17,19-20H,2-13H2,1H3,(H,21,22)/b15-14+/t16-,17-/m1/s1.